The third-order valence-electron chi connectivity index (χ3n) is 3.12. The average Bonchev–Trinajstić information content (AvgIpc) is 2.27. The van der Waals surface area contributed by atoms with Crippen molar-refractivity contribution < 1.29 is 0 Å². The molecule has 0 spiro atoms. The predicted molar refractivity (Wildman–Crippen MR) is 74.1 cm³/mol. The molecule has 0 bridgehead atoms. The van der Waals surface area contributed by atoms with E-state index in [1.54, 1.807) is 0 Å². The number of nitrogens with one attached hydrogen (secondary N) is 1. The van der Waals surface area contributed by atoms with E-state index in [2.05, 4.69) is 50.3 Å². The summed E-state index contributed by atoms with van der Waals surface area (Å²) in [6.07, 6.45) is 8.68. The van der Waals surface area contributed by atoms with E-state index in [1.807, 2.05) is 12.4 Å². The molecule has 1 rings (SSSR count). The second-order valence-corrected chi connectivity index (χ2v) is 6.00. The Labute approximate surface area is 106 Å². The first-order valence-electron chi connectivity index (χ1n) is 6.57. The summed E-state index contributed by atoms with van der Waals surface area (Å²) in [5.74, 6) is 0. The van der Waals surface area contributed by atoms with Crippen LogP contribution in [0, 0.1) is 5.41 Å². The van der Waals surface area contributed by atoms with E-state index < -0.39 is 0 Å². The average molecular weight is 234 g/mol. The molecule has 0 fully saturated rings. The molecular formula is C15H26N2. The second-order valence-electron chi connectivity index (χ2n) is 6.00. The van der Waals surface area contributed by atoms with Crippen molar-refractivity contribution in [2.75, 3.05) is 7.05 Å². The van der Waals surface area contributed by atoms with Gasteiger partial charge < -0.3 is 5.32 Å². The van der Waals surface area contributed by atoms with Crippen LogP contribution in [0.4, 0.5) is 0 Å². The second kappa shape index (κ2) is 6.75. The smallest absolute Gasteiger partial charge is 0.0270 e. The zero-order valence-corrected chi connectivity index (χ0v) is 11.7. The zero-order chi connectivity index (χ0) is 12.7. The molecule has 1 N–H and O–H groups in total. The summed E-state index contributed by atoms with van der Waals surface area (Å²) in [6, 6.07) is 4.79. The van der Waals surface area contributed by atoms with Crippen LogP contribution in [0.1, 0.15) is 45.6 Å². The van der Waals surface area contributed by atoms with Gasteiger partial charge in [0.15, 0.2) is 0 Å². The highest BCUT2D eigenvalue weighted by Crippen LogP contribution is 2.22. The molecule has 2 nitrogen and oxygen atoms in total. The lowest BCUT2D eigenvalue weighted by molar-refractivity contribution is 0.345. The standard InChI is InChI=1S/C15H26N2/c1-15(2,3)9-5-6-14(16-4)12-13-7-10-17-11-8-13/h7-8,10-11,14,16H,5-6,9,12H2,1-4H3. The van der Waals surface area contributed by atoms with Crippen LogP contribution in [0.25, 0.3) is 0 Å². The summed E-state index contributed by atoms with van der Waals surface area (Å²) in [7, 11) is 2.06. The van der Waals surface area contributed by atoms with Crippen molar-refractivity contribution in [1.29, 1.82) is 0 Å². The van der Waals surface area contributed by atoms with Crippen molar-refractivity contribution in [2.45, 2.75) is 52.5 Å². The van der Waals surface area contributed by atoms with Gasteiger partial charge in [-0.25, -0.2) is 0 Å². The molecule has 0 amide bonds. The van der Waals surface area contributed by atoms with Gasteiger partial charge in [-0.05, 0) is 49.4 Å². The minimum absolute atomic E-state index is 0.453. The van der Waals surface area contributed by atoms with Gasteiger partial charge in [-0.2, -0.15) is 0 Å². The minimum atomic E-state index is 0.453. The van der Waals surface area contributed by atoms with E-state index in [9.17, 15) is 0 Å². The van der Waals surface area contributed by atoms with Crippen LogP contribution in [0.15, 0.2) is 24.5 Å². The van der Waals surface area contributed by atoms with Crippen LogP contribution in [-0.2, 0) is 6.42 Å². The fraction of sp³-hybridized carbons (Fsp3) is 0.667. The Bertz CT molecular complexity index is 300. The Kier molecular flexibility index (Phi) is 5.63. The van der Waals surface area contributed by atoms with Gasteiger partial charge in [-0.3, -0.25) is 4.98 Å². The largest absolute Gasteiger partial charge is 0.317 e. The van der Waals surface area contributed by atoms with Crippen LogP contribution in [-0.4, -0.2) is 18.1 Å². The molecule has 1 atom stereocenters. The summed E-state index contributed by atoms with van der Waals surface area (Å²) < 4.78 is 0. The highest BCUT2D eigenvalue weighted by Gasteiger charge is 2.12. The topological polar surface area (TPSA) is 24.9 Å². The molecule has 1 aromatic rings. The molecular weight excluding hydrogens is 208 g/mol. The molecule has 1 heterocycles. The molecule has 0 radical (unpaired) electrons. The predicted octanol–water partition coefficient (Wildman–Crippen LogP) is 3.43. The van der Waals surface area contributed by atoms with E-state index >= 15 is 0 Å². The first kappa shape index (κ1) is 14.2. The van der Waals surface area contributed by atoms with Crippen molar-refractivity contribution in [1.82, 2.24) is 10.3 Å². The van der Waals surface area contributed by atoms with Crippen molar-refractivity contribution in [3.8, 4) is 0 Å². The molecule has 0 saturated heterocycles. The van der Waals surface area contributed by atoms with E-state index in [4.69, 9.17) is 0 Å². The summed E-state index contributed by atoms with van der Waals surface area (Å²) in [4.78, 5) is 4.05. The fourth-order valence-electron chi connectivity index (χ4n) is 2.03. The molecule has 0 aliphatic rings. The third kappa shape index (κ3) is 6.42. The number of likely N-dealkylation sites (N-methyl/N-ethyl adjacent to an activating group) is 1. The summed E-state index contributed by atoms with van der Waals surface area (Å²) in [6.45, 7) is 6.93. The minimum Gasteiger partial charge on any atom is -0.317 e. The highest BCUT2D eigenvalue weighted by atomic mass is 14.9. The van der Waals surface area contributed by atoms with Gasteiger partial charge in [0.2, 0.25) is 0 Å². The van der Waals surface area contributed by atoms with Crippen molar-refractivity contribution in [3.63, 3.8) is 0 Å². The molecule has 2 heteroatoms. The molecule has 17 heavy (non-hydrogen) atoms. The van der Waals surface area contributed by atoms with Gasteiger partial charge in [0, 0.05) is 18.4 Å². The fourth-order valence-corrected chi connectivity index (χ4v) is 2.03. The molecule has 0 aliphatic carbocycles. The van der Waals surface area contributed by atoms with Gasteiger partial charge in [-0.1, -0.05) is 27.2 Å². The maximum atomic E-state index is 4.05. The summed E-state index contributed by atoms with van der Waals surface area (Å²) >= 11 is 0. The molecule has 1 aromatic heterocycles. The Morgan fingerprint density at radius 1 is 1.24 bits per heavy atom. The van der Waals surface area contributed by atoms with Crippen molar-refractivity contribution >= 4 is 0 Å². The van der Waals surface area contributed by atoms with E-state index in [-0.39, 0.29) is 0 Å². The lowest BCUT2D eigenvalue weighted by Gasteiger charge is -2.21. The van der Waals surface area contributed by atoms with Gasteiger partial charge in [-0.15, -0.1) is 0 Å². The number of nitrogens with zero attached hydrogens (tertiary/aromatic N) is 1. The maximum Gasteiger partial charge on any atom is 0.0270 e. The number of rotatable bonds is 6. The number of aromatic nitrogens is 1. The van der Waals surface area contributed by atoms with Crippen molar-refractivity contribution in [2.24, 2.45) is 5.41 Å². The lowest BCUT2D eigenvalue weighted by atomic mass is 9.88. The third-order valence-corrected chi connectivity index (χ3v) is 3.12. The highest BCUT2D eigenvalue weighted by molar-refractivity contribution is 5.11. The first-order valence-corrected chi connectivity index (χ1v) is 6.57. The Hall–Kier alpha value is -0.890. The Morgan fingerprint density at radius 2 is 1.88 bits per heavy atom. The van der Waals surface area contributed by atoms with Crippen molar-refractivity contribution in [3.05, 3.63) is 30.1 Å². The van der Waals surface area contributed by atoms with E-state index in [0.29, 0.717) is 11.5 Å². The van der Waals surface area contributed by atoms with Gasteiger partial charge in [0.1, 0.15) is 0 Å². The van der Waals surface area contributed by atoms with Gasteiger partial charge >= 0.3 is 0 Å². The van der Waals surface area contributed by atoms with Crippen LogP contribution < -0.4 is 5.32 Å². The van der Waals surface area contributed by atoms with Crippen LogP contribution in [0.3, 0.4) is 0 Å². The van der Waals surface area contributed by atoms with Crippen LogP contribution in [0.5, 0.6) is 0 Å². The first-order chi connectivity index (χ1) is 8.01. The Balaban J connectivity index is 2.34. The number of hydrogen-bond acceptors (Lipinski definition) is 2. The van der Waals surface area contributed by atoms with Gasteiger partial charge in [0.05, 0.1) is 0 Å². The van der Waals surface area contributed by atoms with Gasteiger partial charge in [0.25, 0.3) is 0 Å². The van der Waals surface area contributed by atoms with Crippen LogP contribution >= 0.6 is 0 Å². The molecule has 0 saturated carbocycles. The van der Waals surface area contributed by atoms with Crippen LogP contribution in [0.2, 0.25) is 0 Å². The maximum absolute atomic E-state index is 4.05. The van der Waals surface area contributed by atoms with E-state index in [0.717, 1.165) is 6.42 Å². The number of pyridine rings is 1. The monoisotopic (exact) mass is 234 g/mol. The molecule has 0 aromatic carbocycles. The summed E-state index contributed by atoms with van der Waals surface area (Å²) in [5, 5.41) is 3.42. The molecule has 1 unspecified atom stereocenters. The molecule has 96 valence electrons. The quantitative estimate of drug-likeness (QED) is 0.815. The summed E-state index contributed by atoms with van der Waals surface area (Å²) in [5.41, 5.74) is 1.82. The van der Waals surface area contributed by atoms with E-state index in [1.165, 1.54) is 24.8 Å². The number of hydrogen-bond donors (Lipinski definition) is 1. The molecule has 0 aliphatic heterocycles. The zero-order valence-electron chi connectivity index (χ0n) is 11.7. The normalized spacial score (nSPS) is 13.6. The Morgan fingerprint density at radius 3 is 2.41 bits per heavy atom. The SMILES string of the molecule is CNC(CCCC(C)(C)C)Cc1ccncc1. The lowest BCUT2D eigenvalue weighted by Crippen LogP contribution is -2.27.